The number of ether oxygens (including phenoxy) is 1. The van der Waals surface area contributed by atoms with Crippen molar-refractivity contribution in [2.45, 2.75) is 6.42 Å². The van der Waals surface area contributed by atoms with Gasteiger partial charge in [0.2, 0.25) is 0 Å². The van der Waals surface area contributed by atoms with Gasteiger partial charge in [0, 0.05) is 43.8 Å². The van der Waals surface area contributed by atoms with Gasteiger partial charge in [0.25, 0.3) is 0 Å². The van der Waals surface area contributed by atoms with Crippen LogP contribution in [0.3, 0.4) is 0 Å². The molecule has 25 heavy (non-hydrogen) atoms. The fraction of sp³-hybridized carbons (Fsp3) is 0.444. The van der Waals surface area contributed by atoms with Gasteiger partial charge in [0.15, 0.2) is 0 Å². The second-order valence-corrected chi connectivity index (χ2v) is 6.41. The van der Waals surface area contributed by atoms with Crippen LogP contribution in [0.15, 0.2) is 36.7 Å². The van der Waals surface area contributed by atoms with Crippen molar-refractivity contribution in [1.82, 2.24) is 14.9 Å². The van der Waals surface area contributed by atoms with Crippen LogP contribution in [0.25, 0.3) is 0 Å². The van der Waals surface area contributed by atoms with Gasteiger partial charge in [-0.1, -0.05) is 23.7 Å². The summed E-state index contributed by atoms with van der Waals surface area (Å²) in [5.74, 6) is 1.68. The summed E-state index contributed by atoms with van der Waals surface area (Å²) in [5, 5.41) is 7.46. The summed E-state index contributed by atoms with van der Waals surface area (Å²) in [6, 6.07) is 9.86. The van der Waals surface area contributed by atoms with Crippen molar-refractivity contribution in [1.29, 1.82) is 0 Å². The molecule has 3 rings (SSSR count). The van der Waals surface area contributed by atoms with Gasteiger partial charge in [-0.15, -0.1) is 0 Å². The molecule has 0 saturated carbocycles. The number of hydrogen-bond donors (Lipinski definition) is 2. The number of morpholine rings is 1. The lowest BCUT2D eigenvalue weighted by Crippen LogP contribution is -2.39. The van der Waals surface area contributed by atoms with Gasteiger partial charge in [-0.2, -0.15) is 0 Å². The van der Waals surface area contributed by atoms with Gasteiger partial charge >= 0.3 is 0 Å². The first-order chi connectivity index (χ1) is 12.3. The van der Waals surface area contributed by atoms with E-state index in [1.54, 1.807) is 6.33 Å². The fourth-order valence-corrected chi connectivity index (χ4v) is 2.83. The highest BCUT2D eigenvalue weighted by Gasteiger charge is 2.09. The van der Waals surface area contributed by atoms with Gasteiger partial charge < -0.3 is 15.4 Å². The predicted octanol–water partition coefficient (Wildman–Crippen LogP) is 2.53. The molecule has 6 nitrogen and oxygen atoms in total. The highest BCUT2D eigenvalue weighted by Crippen LogP contribution is 2.11. The van der Waals surface area contributed by atoms with Crippen LogP contribution >= 0.6 is 11.6 Å². The van der Waals surface area contributed by atoms with Crippen LogP contribution in [-0.4, -0.2) is 60.8 Å². The number of aromatic nitrogens is 2. The summed E-state index contributed by atoms with van der Waals surface area (Å²) >= 11 is 5.90. The Morgan fingerprint density at radius 1 is 1.00 bits per heavy atom. The summed E-state index contributed by atoms with van der Waals surface area (Å²) in [6.07, 6.45) is 2.50. The normalized spacial score (nSPS) is 15.1. The van der Waals surface area contributed by atoms with Crippen molar-refractivity contribution in [3.8, 4) is 0 Å². The monoisotopic (exact) mass is 361 g/mol. The summed E-state index contributed by atoms with van der Waals surface area (Å²) in [7, 11) is 0. The van der Waals surface area contributed by atoms with E-state index in [2.05, 4.69) is 25.5 Å². The molecule has 134 valence electrons. The van der Waals surface area contributed by atoms with E-state index in [9.17, 15) is 0 Å². The number of rotatable bonds is 8. The lowest BCUT2D eigenvalue weighted by Gasteiger charge is -2.26. The lowest BCUT2D eigenvalue weighted by molar-refractivity contribution is 0.0398. The minimum Gasteiger partial charge on any atom is -0.379 e. The second-order valence-electron chi connectivity index (χ2n) is 5.97. The van der Waals surface area contributed by atoms with Crippen LogP contribution in [0.1, 0.15) is 5.56 Å². The summed E-state index contributed by atoms with van der Waals surface area (Å²) in [4.78, 5) is 10.9. The Bertz CT molecular complexity index is 646. The molecule has 0 unspecified atom stereocenters. The van der Waals surface area contributed by atoms with Crippen molar-refractivity contribution >= 4 is 23.2 Å². The molecule has 2 N–H and O–H groups in total. The average Bonchev–Trinajstić information content (AvgIpc) is 2.65. The van der Waals surface area contributed by atoms with E-state index in [4.69, 9.17) is 16.3 Å². The van der Waals surface area contributed by atoms with E-state index >= 15 is 0 Å². The van der Waals surface area contributed by atoms with Crippen LogP contribution in [0.2, 0.25) is 5.02 Å². The molecule has 0 amide bonds. The molecule has 1 aromatic carbocycles. The lowest BCUT2D eigenvalue weighted by atomic mass is 10.1. The van der Waals surface area contributed by atoms with Crippen LogP contribution in [0.5, 0.6) is 0 Å². The maximum Gasteiger partial charge on any atom is 0.131 e. The molecule has 7 heteroatoms. The number of anilines is 2. The van der Waals surface area contributed by atoms with E-state index in [-0.39, 0.29) is 0 Å². The first-order valence-corrected chi connectivity index (χ1v) is 9.02. The van der Waals surface area contributed by atoms with Crippen molar-refractivity contribution in [3.63, 3.8) is 0 Å². The molecular formula is C18H24ClN5O. The molecule has 1 fully saturated rings. The number of nitrogens with one attached hydrogen (secondary N) is 2. The molecule has 0 spiro atoms. The zero-order chi connectivity index (χ0) is 17.3. The van der Waals surface area contributed by atoms with E-state index < -0.39 is 0 Å². The minimum absolute atomic E-state index is 0.764. The smallest absolute Gasteiger partial charge is 0.131 e. The third kappa shape index (κ3) is 6.16. The zero-order valence-electron chi connectivity index (χ0n) is 14.2. The number of hydrogen-bond acceptors (Lipinski definition) is 6. The first-order valence-electron chi connectivity index (χ1n) is 8.64. The van der Waals surface area contributed by atoms with Gasteiger partial charge in [0.05, 0.1) is 13.2 Å². The van der Waals surface area contributed by atoms with Gasteiger partial charge in [-0.05, 0) is 24.1 Å². The fourth-order valence-electron chi connectivity index (χ4n) is 2.70. The van der Waals surface area contributed by atoms with Crippen molar-refractivity contribution in [2.75, 3.05) is 56.6 Å². The average molecular weight is 362 g/mol. The molecule has 2 heterocycles. The minimum atomic E-state index is 0.764. The van der Waals surface area contributed by atoms with Crippen molar-refractivity contribution < 1.29 is 4.74 Å². The third-order valence-electron chi connectivity index (χ3n) is 4.14. The topological polar surface area (TPSA) is 62.3 Å². The van der Waals surface area contributed by atoms with Crippen molar-refractivity contribution in [2.24, 2.45) is 0 Å². The highest BCUT2D eigenvalue weighted by molar-refractivity contribution is 6.30. The SMILES string of the molecule is Clc1ccc(CCNc2cc(NCCN3CCOCC3)ncn2)cc1. The highest BCUT2D eigenvalue weighted by atomic mass is 35.5. The van der Waals surface area contributed by atoms with E-state index in [0.29, 0.717) is 0 Å². The maximum atomic E-state index is 5.90. The van der Waals surface area contributed by atoms with Gasteiger partial charge in [-0.25, -0.2) is 9.97 Å². The van der Waals surface area contributed by atoms with Gasteiger partial charge in [0.1, 0.15) is 18.0 Å². The molecule has 1 saturated heterocycles. The third-order valence-corrected chi connectivity index (χ3v) is 4.39. The summed E-state index contributed by atoms with van der Waals surface area (Å²) in [5.41, 5.74) is 1.25. The zero-order valence-corrected chi connectivity index (χ0v) is 15.0. The van der Waals surface area contributed by atoms with E-state index in [0.717, 1.165) is 69.0 Å². The maximum absolute atomic E-state index is 5.90. The summed E-state index contributed by atoms with van der Waals surface area (Å²) < 4.78 is 5.36. The van der Waals surface area contributed by atoms with Crippen LogP contribution in [0.4, 0.5) is 11.6 Å². The molecule has 1 aromatic heterocycles. The molecule has 1 aliphatic rings. The van der Waals surface area contributed by atoms with Crippen LogP contribution in [0, 0.1) is 0 Å². The molecule has 0 radical (unpaired) electrons. The van der Waals surface area contributed by atoms with E-state index in [1.165, 1.54) is 5.56 Å². The Morgan fingerprint density at radius 3 is 2.40 bits per heavy atom. The molecule has 1 aliphatic heterocycles. The predicted molar refractivity (Wildman–Crippen MR) is 101 cm³/mol. The first kappa shape index (κ1) is 17.9. The number of benzene rings is 1. The Hall–Kier alpha value is -1.89. The molecule has 0 atom stereocenters. The Morgan fingerprint density at radius 2 is 1.68 bits per heavy atom. The number of halogens is 1. The largest absolute Gasteiger partial charge is 0.379 e. The summed E-state index contributed by atoms with van der Waals surface area (Å²) in [6.45, 7) is 6.33. The Balaban J connectivity index is 1.40. The second kappa shape index (κ2) is 9.56. The van der Waals surface area contributed by atoms with Gasteiger partial charge in [-0.3, -0.25) is 4.90 Å². The van der Waals surface area contributed by atoms with Crippen LogP contribution < -0.4 is 10.6 Å². The number of nitrogens with zero attached hydrogens (tertiary/aromatic N) is 3. The quantitative estimate of drug-likeness (QED) is 0.753. The molecule has 2 aromatic rings. The van der Waals surface area contributed by atoms with E-state index in [1.807, 2.05) is 30.3 Å². The standard InChI is InChI=1S/C18H24ClN5O/c19-16-3-1-15(2-4-16)5-6-20-17-13-18(23-14-22-17)21-7-8-24-9-11-25-12-10-24/h1-4,13-14H,5-12H2,(H2,20,21,22,23). The van der Waals surface area contributed by atoms with Crippen LogP contribution in [-0.2, 0) is 11.2 Å². The Labute approximate surface area is 153 Å². The molecule has 0 bridgehead atoms. The Kier molecular flexibility index (Phi) is 6.85. The molecular weight excluding hydrogens is 338 g/mol. The van der Waals surface area contributed by atoms with Crippen molar-refractivity contribution in [3.05, 3.63) is 47.2 Å². The molecule has 0 aliphatic carbocycles.